The average molecular weight is 278 g/mol. The smallest absolute Gasteiger partial charge is 0.274 e. The molecular formula is C15H19FN2O2. The van der Waals surface area contributed by atoms with Gasteiger partial charge in [-0.3, -0.25) is 14.9 Å². The number of hydrogen-bond acceptors (Lipinski definition) is 3. The van der Waals surface area contributed by atoms with Gasteiger partial charge in [-0.1, -0.05) is 6.92 Å². The summed E-state index contributed by atoms with van der Waals surface area (Å²) in [6.07, 6.45) is 1.67. The highest BCUT2D eigenvalue weighted by Crippen LogP contribution is 2.46. The minimum atomic E-state index is -0.668. The third-order valence-corrected chi connectivity index (χ3v) is 4.70. The number of rotatable bonds is 1. The summed E-state index contributed by atoms with van der Waals surface area (Å²) < 4.78 is 14.6. The van der Waals surface area contributed by atoms with Gasteiger partial charge in [0, 0.05) is 29.8 Å². The van der Waals surface area contributed by atoms with Crippen LogP contribution in [0, 0.1) is 11.7 Å². The van der Waals surface area contributed by atoms with Crippen LogP contribution in [0.4, 0.5) is 4.39 Å². The molecule has 5 heteroatoms. The molecule has 2 aliphatic rings. The molecule has 108 valence electrons. The second kappa shape index (κ2) is 4.53. The van der Waals surface area contributed by atoms with Crippen molar-refractivity contribution in [3.8, 4) is 0 Å². The first kappa shape index (κ1) is 13.5. The fraction of sp³-hybridized carbons (Fsp3) is 0.533. The summed E-state index contributed by atoms with van der Waals surface area (Å²) in [6, 6.07) is 2.93. The predicted octanol–water partition coefficient (Wildman–Crippen LogP) is 2.06. The molecule has 20 heavy (non-hydrogen) atoms. The molecule has 0 unspecified atom stereocenters. The van der Waals surface area contributed by atoms with Crippen LogP contribution in [0.15, 0.2) is 12.1 Å². The molecule has 1 saturated heterocycles. The monoisotopic (exact) mass is 278 g/mol. The number of nitrogens with one attached hydrogen (secondary N) is 1. The van der Waals surface area contributed by atoms with E-state index in [1.807, 2.05) is 0 Å². The maximum absolute atomic E-state index is 14.6. The number of nitrogens with zero attached hydrogens (tertiary/aromatic N) is 1. The lowest BCUT2D eigenvalue weighted by Crippen LogP contribution is -2.45. The van der Waals surface area contributed by atoms with Crippen molar-refractivity contribution in [3.63, 3.8) is 0 Å². The van der Waals surface area contributed by atoms with Crippen molar-refractivity contribution in [1.82, 2.24) is 10.4 Å². The first-order chi connectivity index (χ1) is 9.45. The van der Waals surface area contributed by atoms with Crippen molar-refractivity contribution in [3.05, 3.63) is 34.6 Å². The van der Waals surface area contributed by atoms with E-state index in [-0.39, 0.29) is 16.9 Å². The van der Waals surface area contributed by atoms with Crippen LogP contribution in [-0.2, 0) is 12.0 Å². The summed E-state index contributed by atoms with van der Waals surface area (Å²) >= 11 is 0. The third-order valence-electron chi connectivity index (χ3n) is 4.70. The van der Waals surface area contributed by atoms with Gasteiger partial charge in [0.1, 0.15) is 5.82 Å². The van der Waals surface area contributed by atoms with Gasteiger partial charge in [-0.25, -0.2) is 9.87 Å². The summed E-state index contributed by atoms with van der Waals surface area (Å²) in [4.78, 5) is 13.8. The average Bonchev–Trinajstić information content (AvgIpc) is 2.71. The molecule has 0 saturated carbocycles. The number of hydroxylamine groups is 1. The van der Waals surface area contributed by atoms with Crippen molar-refractivity contribution >= 4 is 5.91 Å². The van der Waals surface area contributed by atoms with Gasteiger partial charge in [0.15, 0.2) is 0 Å². The highest BCUT2D eigenvalue weighted by molar-refractivity contribution is 5.93. The molecule has 1 aromatic rings. The van der Waals surface area contributed by atoms with Gasteiger partial charge >= 0.3 is 0 Å². The molecule has 4 nitrogen and oxygen atoms in total. The molecular weight excluding hydrogens is 259 g/mol. The van der Waals surface area contributed by atoms with E-state index in [2.05, 4.69) is 18.7 Å². The van der Waals surface area contributed by atoms with Crippen LogP contribution in [-0.4, -0.2) is 29.1 Å². The zero-order valence-corrected chi connectivity index (χ0v) is 11.7. The SMILES string of the molecule is C[C@H]1CN2CCc3cc(C(=O)NO)cc(F)c3[C@@]2(C)C1. The molecule has 1 aromatic carbocycles. The Morgan fingerprint density at radius 3 is 3.00 bits per heavy atom. The minimum Gasteiger partial charge on any atom is -0.293 e. The summed E-state index contributed by atoms with van der Waals surface area (Å²) in [5.74, 6) is -0.466. The Bertz CT molecular complexity index is 575. The van der Waals surface area contributed by atoms with E-state index in [1.165, 1.54) is 6.07 Å². The topological polar surface area (TPSA) is 52.6 Å². The summed E-state index contributed by atoms with van der Waals surface area (Å²) in [5, 5.41) is 8.69. The lowest BCUT2D eigenvalue weighted by Gasteiger charge is -2.41. The van der Waals surface area contributed by atoms with E-state index in [4.69, 9.17) is 5.21 Å². The molecule has 0 spiro atoms. The Morgan fingerprint density at radius 1 is 1.55 bits per heavy atom. The quantitative estimate of drug-likeness (QED) is 0.610. The van der Waals surface area contributed by atoms with E-state index in [0.717, 1.165) is 37.1 Å². The molecule has 2 aliphatic heterocycles. The summed E-state index contributed by atoms with van der Waals surface area (Å²) in [7, 11) is 0. The van der Waals surface area contributed by atoms with Crippen LogP contribution in [0.5, 0.6) is 0 Å². The van der Waals surface area contributed by atoms with Gasteiger partial charge in [-0.15, -0.1) is 0 Å². The Morgan fingerprint density at radius 2 is 2.30 bits per heavy atom. The van der Waals surface area contributed by atoms with Crippen molar-refractivity contribution < 1.29 is 14.4 Å². The van der Waals surface area contributed by atoms with E-state index in [9.17, 15) is 9.18 Å². The van der Waals surface area contributed by atoms with Crippen LogP contribution in [0.2, 0.25) is 0 Å². The highest BCUT2D eigenvalue weighted by atomic mass is 19.1. The lowest BCUT2D eigenvalue weighted by molar-refractivity contribution is 0.0705. The molecule has 2 N–H and O–H groups in total. The van der Waals surface area contributed by atoms with Gasteiger partial charge in [0.25, 0.3) is 5.91 Å². The number of hydrogen-bond donors (Lipinski definition) is 2. The summed E-state index contributed by atoms with van der Waals surface area (Å²) in [5.41, 5.74) is 3.07. The molecule has 2 atom stereocenters. The first-order valence-electron chi connectivity index (χ1n) is 6.98. The van der Waals surface area contributed by atoms with E-state index >= 15 is 0 Å². The van der Waals surface area contributed by atoms with Crippen LogP contribution in [0.3, 0.4) is 0 Å². The van der Waals surface area contributed by atoms with Crippen LogP contribution < -0.4 is 5.48 Å². The molecule has 0 radical (unpaired) electrons. The number of benzene rings is 1. The zero-order valence-electron chi connectivity index (χ0n) is 11.7. The van der Waals surface area contributed by atoms with Crippen LogP contribution in [0.1, 0.15) is 41.8 Å². The van der Waals surface area contributed by atoms with Crippen LogP contribution in [0.25, 0.3) is 0 Å². The highest BCUT2D eigenvalue weighted by Gasteiger charge is 2.46. The number of carbonyl (C=O) groups is 1. The van der Waals surface area contributed by atoms with Crippen molar-refractivity contribution in [2.75, 3.05) is 13.1 Å². The van der Waals surface area contributed by atoms with Gasteiger partial charge < -0.3 is 0 Å². The van der Waals surface area contributed by atoms with Gasteiger partial charge in [0.05, 0.1) is 0 Å². The zero-order chi connectivity index (χ0) is 14.5. The molecule has 0 bridgehead atoms. The Hall–Kier alpha value is -1.46. The van der Waals surface area contributed by atoms with Gasteiger partial charge in [-0.05, 0) is 43.4 Å². The van der Waals surface area contributed by atoms with Gasteiger partial charge in [0.2, 0.25) is 0 Å². The van der Waals surface area contributed by atoms with Crippen molar-refractivity contribution in [2.24, 2.45) is 5.92 Å². The number of halogens is 1. The Balaban J connectivity index is 2.11. The number of amides is 1. The molecule has 1 amide bonds. The standard InChI is InChI=1S/C15H19FN2O2/c1-9-7-15(2)13-10(3-4-18(15)8-9)5-11(6-12(13)16)14(19)17-20/h5-6,9,20H,3-4,7-8H2,1-2H3,(H,17,19)/t9-,15-/m1/s1. The Kier molecular flexibility index (Phi) is 3.06. The normalized spacial score (nSPS) is 28.9. The van der Waals surface area contributed by atoms with E-state index < -0.39 is 5.91 Å². The Labute approximate surface area is 117 Å². The second-order valence-corrected chi connectivity index (χ2v) is 6.21. The van der Waals surface area contributed by atoms with Gasteiger partial charge in [-0.2, -0.15) is 0 Å². The second-order valence-electron chi connectivity index (χ2n) is 6.21. The molecule has 0 aromatic heterocycles. The molecule has 0 aliphatic carbocycles. The van der Waals surface area contributed by atoms with E-state index in [0.29, 0.717) is 5.92 Å². The molecule has 3 rings (SSSR count). The largest absolute Gasteiger partial charge is 0.293 e. The van der Waals surface area contributed by atoms with E-state index in [1.54, 1.807) is 11.5 Å². The fourth-order valence-corrected chi connectivity index (χ4v) is 3.96. The van der Waals surface area contributed by atoms with Crippen LogP contribution >= 0.6 is 0 Å². The van der Waals surface area contributed by atoms with Crippen molar-refractivity contribution in [1.29, 1.82) is 0 Å². The fourth-order valence-electron chi connectivity index (χ4n) is 3.96. The summed E-state index contributed by atoms with van der Waals surface area (Å²) in [6.45, 7) is 6.16. The lowest BCUT2D eigenvalue weighted by atomic mass is 9.79. The third kappa shape index (κ3) is 1.84. The number of carbonyl (C=O) groups excluding carboxylic acids is 1. The van der Waals surface area contributed by atoms with Crippen molar-refractivity contribution in [2.45, 2.75) is 32.2 Å². The number of fused-ring (bicyclic) bond motifs is 3. The minimum absolute atomic E-state index is 0.173. The predicted molar refractivity (Wildman–Crippen MR) is 72.1 cm³/mol. The maximum Gasteiger partial charge on any atom is 0.274 e. The maximum atomic E-state index is 14.6. The molecule has 1 fully saturated rings. The first-order valence-corrected chi connectivity index (χ1v) is 6.98. The molecule has 2 heterocycles.